The highest BCUT2D eigenvalue weighted by atomic mass is 32.1. The van der Waals surface area contributed by atoms with Crippen LogP contribution in [0.1, 0.15) is 24.3 Å². The molecule has 3 nitrogen and oxygen atoms in total. The van der Waals surface area contributed by atoms with Crippen molar-refractivity contribution in [3.05, 3.63) is 16.6 Å². The van der Waals surface area contributed by atoms with Crippen LogP contribution in [-0.2, 0) is 11.3 Å². The van der Waals surface area contributed by atoms with E-state index in [9.17, 15) is 0 Å². The lowest BCUT2D eigenvalue weighted by Gasteiger charge is -2.13. The van der Waals surface area contributed by atoms with Crippen molar-refractivity contribution in [1.29, 1.82) is 0 Å². The largest absolute Gasteiger partial charge is 0.381 e. The fourth-order valence-electron chi connectivity index (χ4n) is 1.68. The van der Waals surface area contributed by atoms with E-state index in [1.54, 1.807) is 11.3 Å². The standard InChI is InChI=1S/C10H16N2OS/c1-2-9(3-6-13-5-1)12-8-10-11-4-7-14-10/h4,7,9,12H,1-3,5-6,8H2. The lowest BCUT2D eigenvalue weighted by Crippen LogP contribution is -2.28. The van der Waals surface area contributed by atoms with Crippen molar-refractivity contribution in [2.75, 3.05) is 13.2 Å². The summed E-state index contributed by atoms with van der Waals surface area (Å²) in [7, 11) is 0. The van der Waals surface area contributed by atoms with Gasteiger partial charge in [0.15, 0.2) is 0 Å². The Morgan fingerprint density at radius 1 is 1.50 bits per heavy atom. The van der Waals surface area contributed by atoms with Gasteiger partial charge in [-0.1, -0.05) is 0 Å². The average molecular weight is 212 g/mol. The third-order valence-corrected chi connectivity index (χ3v) is 3.26. The second kappa shape index (κ2) is 5.44. The van der Waals surface area contributed by atoms with Crippen molar-refractivity contribution in [3.63, 3.8) is 0 Å². The summed E-state index contributed by atoms with van der Waals surface area (Å²) in [6.07, 6.45) is 5.39. The van der Waals surface area contributed by atoms with Crippen LogP contribution in [-0.4, -0.2) is 24.2 Å². The van der Waals surface area contributed by atoms with Crippen molar-refractivity contribution in [1.82, 2.24) is 10.3 Å². The second-order valence-electron chi connectivity index (χ2n) is 3.55. The summed E-state index contributed by atoms with van der Waals surface area (Å²) in [6, 6.07) is 0.612. The minimum absolute atomic E-state index is 0.612. The Morgan fingerprint density at radius 3 is 3.36 bits per heavy atom. The molecule has 1 fully saturated rings. The monoisotopic (exact) mass is 212 g/mol. The maximum atomic E-state index is 5.41. The quantitative estimate of drug-likeness (QED) is 0.829. The van der Waals surface area contributed by atoms with Gasteiger partial charge in [-0.15, -0.1) is 11.3 Å². The SMILES string of the molecule is c1csc(CNC2CCCOCC2)n1. The Hall–Kier alpha value is -0.450. The Balaban J connectivity index is 1.73. The van der Waals surface area contributed by atoms with Gasteiger partial charge in [-0.2, -0.15) is 0 Å². The van der Waals surface area contributed by atoms with Crippen molar-refractivity contribution >= 4 is 11.3 Å². The van der Waals surface area contributed by atoms with E-state index in [0.29, 0.717) is 6.04 Å². The molecule has 0 spiro atoms. The second-order valence-corrected chi connectivity index (χ2v) is 4.53. The van der Waals surface area contributed by atoms with E-state index >= 15 is 0 Å². The molecule has 1 saturated heterocycles. The minimum atomic E-state index is 0.612. The fourth-order valence-corrected chi connectivity index (χ4v) is 2.25. The molecule has 2 heterocycles. The highest BCUT2D eigenvalue weighted by molar-refractivity contribution is 7.09. The van der Waals surface area contributed by atoms with E-state index < -0.39 is 0 Å². The predicted molar refractivity (Wildman–Crippen MR) is 57.4 cm³/mol. The molecule has 0 saturated carbocycles. The maximum Gasteiger partial charge on any atom is 0.106 e. The van der Waals surface area contributed by atoms with E-state index in [2.05, 4.69) is 10.3 Å². The number of thiazole rings is 1. The molecular formula is C10H16N2OS. The summed E-state index contributed by atoms with van der Waals surface area (Å²) in [6.45, 7) is 2.73. The highest BCUT2D eigenvalue weighted by Gasteiger charge is 2.11. The molecule has 0 amide bonds. The summed E-state index contributed by atoms with van der Waals surface area (Å²) in [4.78, 5) is 4.25. The summed E-state index contributed by atoms with van der Waals surface area (Å²) in [5.74, 6) is 0. The van der Waals surface area contributed by atoms with Gasteiger partial charge in [0.05, 0.1) is 0 Å². The maximum absolute atomic E-state index is 5.41. The van der Waals surface area contributed by atoms with Crippen LogP contribution in [0, 0.1) is 0 Å². The number of nitrogens with zero attached hydrogens (tertiary/aromatic N) is 1. The van der Waals surface area contributed by atoms with E-state index in [-0.39, 0.29) is 0 Å². The minimum Gasteiger partial charge on any atom is -0.381 e. The highest BCUT2D eigenvalue weighted by Crippen LogP contribution is 2.10. The number of nitrogens with one attached hydrogen (secondary N) is 1. The van der Waals surface area contributed by atoms with Crippen LogP contribution in [0.15, 0.2) is 11.6 Å². The van der Waals surface area contributed by atoms with Gasteiger partial charge in [0, 0.05) is 37.4 Å². The molecule has 1 aliphatic rings. The number of hydrogen-bond donors (Lipinski definition) is 1. The first-order valence-electron chi connectivity index (χ1n) is 5.14. The summed E-state index contributed by atoms with van der Waals surface area (Å²) in [5.41, 5.74) is 0. The Morgan fingerprint density at radius 2 is 2.50 bits per heavy atom. The Bertz CT molecular complexity index is 243. The fraction of sp³-hybridized carbons (Fsp3) is 0.700. The molecule has 2 rings (SSSR count). The first kappa shape index (κ1) is 10.1. The molecule has 14 heavy (non-hydrogen) atoms. The predicted octanol–water partition coefficient (Wildman–Crippen LogP) is 1.80. The van der Waals surface area contributed by atoms with E-state index in [4.69, 9.17) is 4.74 Å². The van der Waals surface area contributed by atoms with Crippen molar-refractivity contribution in [3.8, 4) is 0 Å². The van der Waals surface area contributed by atoms with Crippen LogP contribution in [0.25, 0.3) is 0 Å². The molecule has 1 aromatic heterocycles. The molecule has 1 N–H and O–H groups in total. The number of hydrogen-bond acceptors (Lipinski definition) is 4. The molecule has 0 aliphatic carbocycles. The lowest BCUT2D eigenvalue weighted by atomic mass is 10.1. The van der Waals surface area contributed by atoms with Gasteiger partial charge in [0.1, 0.15) is 5.01 Å². The smallest absolute Gasteiger partial charge is 0.106 e. The molecular weight excluding hydrogens is 196 g/mol. The van der Waals surface area contributed by atoms with Crippen molar-refractivity contribution < 1.29 is 4.74 Å². The third-order valence-electron chi connectivity index (χ3n) is 2.48. The third kappa shape index (κ3) is 3.04. The number of ether oxygens (including phenoxy) is 1. The van der Waals surface area contributed by atoms with Gasteiger partial charge in [0.2, 0.25) is 0 Å². The van der Waals surface area contributed by atoms with Crippen LogP contribution in [0.3, 0.4) is 0 Å². The van der Waals surface area contributed by atoms with E-state index in [1.165, 1.54) is 17.8 Å². The molecule has 1 atom stereocenters. The van der Waals surface area contributed by atoms with Gasteiger partial charge in [0.25, 0.3) is 0 Å². The van der Waals surface area contributed by atoms with Gasteiger partial charge in [-0.05, 0) is 19.3 Å². The normalized spacial score (nSPS) is 23.3. The molecule has 78 valence electrons. The molecule has 4 heteroatoms. The molecule has 0 aromatic carbocycles. The Labute approximate surface area is 88.5 Å². The summed E-state index contributed by atoms with van der Waals surface area (Å²) >= 11 is 1.71. The van der Waals surface area contributed by atoms with Crippen LogP contribution in [0.4, 0.5) is 0 Å². The van der Waals surface area contributed by atoms with Crippen molar-refractivity contribution in [2.24, 2.45) is 0 Å². The van der Waals surface area contributed by atoms with Gasteiger partial charge >= 0.3 is 0 Å². The number of rotatable bonds is 3. The zero-order valence-corrected chi connectivity index (χ0v) is 9.05. The van der Waals surface area contributed by atoms with E-state index in [1.807, 2.05) is 11.6 Å². The molecule has 1 aromatic rings. The number of aromatic nitrogens is 1. The van der Waals surface area contributed by atoms with E-state index in [0.717, 1.165) is 26.2 Å². The lowest BCUT2D eigenvalue weighted by molar-refractivity contribution is 0.142. The molecule has 0 radical (unpaired) electrons. The first-order chi connectivity index (χ1) is 6.95. The molecule has 0 bridgehead atoms. The summed E-state index contributed by atoms with van der Waals surface area (Å²) in [5, 5.41) is 6.73. The zero-order valence-electron chi connectivity index (χ0n) is 8.24. The van der Waals surface area contributed by atoms with Crippen molar-refractivity contribution in [2.45, 2.75) is 31.8 Å². The molecule has 1 unspecified atom stereocenters. The molecule has 1 aliphatic heterocycles. The van der Waals surface area contributed by atoms with Gasteiger partial charge < -0.3 is 10.1 Å². The van der Waals surface area contributed by atoms with Crippen LogP contribution in [0.5, 0.6) is 0 Å². The average Bonchev–Trinajstić information content (AvgIpc) is 2.58. The topological polar surface area (TPSA) is 34.1 Å². The van der Waals surface area contributed by atoms with Crippen LogP contribution >= 0.6 is 11.3 Å². The Kier molecular flexibility index (Phi) is 3.91. The van der Waals surface area contributed by atoms with Gasteiger partial charge in [-0.3, -0.25) is 0 Å². The zero-order chi connectivity index (χ0) is 9.64. The van der Waals surface area contributed by atoms with Gasteiger partial charge in [-0.25, -0.2) is 4.98 Å². The van der Waals surface area contributed by atoms with Crippen LogP contribution in [0.2, 0.25) is 0 Å². The van der Waals surface area contributed by atoms with Crippen LogP contribution < -0.4 is 5.32 Å². The first-order valence-corrected chi connectivity index (χ1v) is 6.02. The summed E-state index contributed by atoms with van der Waals surface area (Å²) < 4.78 is 5.41.